The van der Waals surface area contributed by atoms with Gasteiger partial charge in [-0.2, -0.15) is 0 Å². The number of nitrogens with zero attached hydrogens (tertiary/aromatic N) is 2. The zero-order chi connectivity index (χ0) is 11.5. The Bertz CT molecular complexity index is 383. The Kier molecular flexibility index (Phi) is 3.78. The molecule has 1 aliphatic heterocycles. The monoisotopic (exact) mass is 260 g/mol. The molecule has 0 spiro atoms. The summed E-state index contributed by atoms with van der Waals surface area (Å²) in [4.78, 5) is 18.1. The van der Waals surface area contributed by atoms with Gasteiger partial charge in [-0.25, -0.2) is 4.98 Å². The summed E-state index contributed by atoms with van der Waals surface area (Å²) in [6, 6.07) is -0.0371. The van der Waals surface area contributed by atoms with Gasteiger partial charge in [-0.05, 0) is 6.92 Å². The number of aromatic nitrogens is 1. The van der Waals surface area contributed by atoms with Gasteiger partial charge < -0.3 is 9.64 Å². The van der Waals surface area contributed by atoms with Gasteiger partial charge in [-0.1, -0.05) is 0 Å². The molecule has 1 aliphatic rings. The minimum Gasteiger partial charge on any atom is -0.377 e. The quantitative estimate of drug-likeness (QED) is 0.758. The van der Waals surface area contributed by atoms with E-state index in [9.17, 15) is 4.79 Å². The van der Waals surface area contributed by atoms with E-state index in [1.54, 1.807) is 10.3 Å². The second-order valence-electron chi connectivity index (χ2n) is 3.63. The summed E-state index contributed by atoms with van der Waals surface area (Å²) in [6.45, 7) is 3.56. The summed E-state index contributed by atoms with van der Waals surface area (Å²) in [7, 11) is 0. The molecule has 0 radical (unpaired) electrons. The average Bonchev–Trinajstić information content (AvgIpc) is 2.75. The van der Waals surface area contributed by atoms with Crippen LogP contribution in [0.1, 0.15) is 15.5 Å². The van der Waals surface area contributed by atoms with Crippen LogP contribution in [0.15, 0.2) is 5.38 Å². The Balaban J connectivity index is 2.13. The second-order valence-corrected chi connectivity index (χ2v) is 5.00. The fourth-order valence-electron chi connectivity index (χ4n) is 1.66. The summed E-state index contributed by atoms with van der Waals surface area (Å²) in [6.07, 6.45) is 0. The summed E-state index contributed by atoms with van der Waals surface area (Å²) in [5, 5.41) is 2.69. The Morgan fingerprint density at radius 3 is 3.25 bits per heavy atom. The van der Waals surface area contributed by atoms with E-state index in [1.165, 1.54) is 11.3 Å². The molecule has 0 bridgehead atoms. The molecular formula is C10H13ClN2O2S. The molecule has 0 saturated carbocycles. The zero-order valence-electron chi connectivity index (χ0n) is 8.98. The Morgan fingerprint density at radius 1 is 1.81 bits per heavy atom. The lowest BCUT2D eigenvalue weighted by molar-refractivity contribution is 0.00427. The lowest BCUT2D eigenvalue weighted by atomic mass is 10.2. The third-order valence-electron chi connectivity index (χ3n) is 2.50. The first kappa shape index (κ1) is 11.8. The van der Waals surface area contributed by atoms with E-state index in [-0.39, 0.29) is 11.9 Å². The van der Waals surface area contributed by atoms with Gasteiger partial charge in [0.15, 0.2) is 0 Å². The summed E-state index contributed by atoms with van der Waals surface area (Å²) in [5.41, 5.74) is 0.513. The highest BCUT2D eigenvalue weighted by molar-refractivity contribution is 7.09. The number of hydrogen-bond acceptors (Lipinski definition) is 4. The van der Waals surface area contributed by atoms with E-state index >= 15 is 0 Å². The van der Waals surface area contributed by atoms with Crippen LogP contribution in [0.3, 0.4) is 0 Å². The maximum absolute atomic E-state index is 12.1. The molecule has 0 aliphatic carbocycles. The van der Waals surface area contributed by atoms with Gasteiger partial charge in [0, 0.05) is 17.8 Å². The van der Waals surface area contributed by atoms with Gasteiger partial charge in [0.1, 0.15) is 5.69 Å². The van der Waals surface area contributed by atoms with Gasteiger partial charge >= 0.3 is 0 Å². The van der Waals surface area contributed by atoms with E-state index in [2.05, 4.69) is 4.98 Å². The topological polar surface area (TPSA) is 42.4 Å². The number of hydrogen-bond donors (Lipinski definition) is 0. The molecule has 4 nitrogen and oxygen atoms in total. The number of morpholine rings is 1. The molecule has 0 aromatic carbocycles. The highest BCUT2D eigenvalue weighted by Crippen LogP contribution is 2.15. The molecule has 1 unspecified atom stereocenters. The Labute approximate surface area is 103 Å². The van der Waals surface area contributed by atoms with Gasteiger partial charge in [0.2, 0.25) is 0 Å². The Morgan fingerprint density at radius 2 is 2.62 bits per heavy atom. The molecule has 2 rings (SSSR count). The van der Waals surface area contributed by atoms with Crippen molar-refractivity contribution in [2.24, 2.45) is 0 Å². The smallest absolute Gasteiger partial charge is 0.273 e. The number of carbonyl (C=O) groups excluding carboxylic acids is 1. The maximum atomic E-state index is 12.1. The molecule has 1 saturated heterocycles. The number of halogens is 1. The normalized spacial score (nSPS) is 21.1. The maximum Gasteiger partial charge on any atom is 0.273 e. The summed E-state index contributed by atoms with van der Waals surface area (Å²) < 4.78 is 5.30. The minimum atomic E-state index is -0.0432. The van der Waals surface area contributed by atoms with Crippen LogP contribution in [0.5, 0.6) is 0 Å². The van der Waals surface area contributed by atoms with Crippen LogP contribution in [0.4, 0.5) is 0 Å². The number of carbonyl (C=O) groups is 1. The van der Waals surface area contributed by atoms with Gasteiger partial charge in [0.25, 0.3) is 5.91 Å². The molecule has 1 atom stereocenters. The van der Waals surface area contributed by atoms with E-state index in [0.717, 1.165) is 5.01 Å². The SMILES string of the molecule is Cc1nc(C(=O)N2CCOCC2CCl)cs1. The zero-order valence-corrected chi connectivity index (χ0v) is 10.6. The second kappa shape index (κ2) is 5.12. The first-order chi connectivity index (χ1) is 7.72. The molecule has 6 heteroatoms. The van der Waals surface area contributed by atoms with E-state index in [4.69, 9.17) is 16.3 Å². The van der Waals surface area contributed by atoms with E-state index < -0.39 is 0 Å². The van der Waals surface area contributed by atoms with Crippen LogP contribution < -0.4 is 0 Å². The van der Waals surface area contributed by atoms with Crippen molar-refractivity contribution in [2.45, 2.75) is 13.0 Å². The molecule has 2 heterocycles. The number of ether oxygens (including phenoxy) is 1. The van der Waals surface area contributed by atoms with Crippen molar-refractivity contribution in [1.29, 1.82) is 0 Å². The molecule has 88 valence electrons. The van der Waals surface area contributed by atoms with Gasteiger partial charge in [-0.3, -0.25) is 4.79 Å². The largest absolute Gasteiger partial charge is 0.377 e. The predicted molar refractivity (Wildman–Crippen MR) is 63.2 cm³/mol. The first-order valence-corrected chi connectivity index (χ1v) is 6.50. The van der Waals surface area contributed by atoms with Crippen molar-refractivity contribution in [2.75, 3.05) is 25.6 Å². The van der Waals surface area contributed by atoms with Crippen LogP contribution in [-0.4, -0.2) is 47.5 Å². The predicted octanol–water partition coefficient (Wildman–Crippen LogP) is 1.53. The third kappa shape index (κ3) is 2.36. The van der Waals surface area contributed by atoms with Crippen LogP contribution in [0.25, 0.3) is 0 Å². The van der Waals surface area contributed by atoms with Crippen molar-refractivity contribution < 1.29 is 9.53 Å². The van der Waals surface area contributed by atoms with Crippen molar-refractivity contribution >= 4 is 28.8 Å². The van der Waals surface area contributed by atoms with E-state index in [1.807, 2.05) is 6.92 Å². The van der Waals surface area contributed by atoms with Crippen LogP contribution in [0, 0.1) is 6.92 Å². The lowest BCUT2D eigenvalue weighted by Crippen LogP contribution is -2.49. The number of aryl methyl sites for hydroxylation is 1. The molecule has 1 aromatic heterocycles. The van der Waals surface area contributed by atoms with Crippen molar-refractivity contribution in [3.63, 3.8) is 0 Å². The van der Waals surface area contributed by atoms with Crippen LogP contribution in [-0.2, 0) is 4.74 Å². The van der Waals surface area contributed by atoms with Crippen molar-refractivity contribution in [3.8, 4) is 0 Å². The van der Waals surface area contributed by atoms with Crippen LogP contribution >= 0.6 is 22.9 Å². The standard InChI is InChI=1S/C10H13ClN2O2S/c1-7-12-9(6-16-7)10(14)13-2-3-15-5-8(13)4-11/h6,8H,2-5H2,1H3. The molecule has 1 amide bonds. The van der Waals surface area contributed by atoms with Gasteiger partial charge in [0.05, 0.1) is 24.3 Å². The highest BCUT2D eigenvalue weighted by atomic mass is 35.5. The van der Waals surface area contributed by atoms with Gasteiger partial charge in [-0.15, -0.1) is 22.9 Å². The number of rotatable bonds is 2. The summed E-state index contributed by atoms with van der Waals surface area (Å²) in [5.74, 6) is 0.354. The minimum absolute atomic E-state index is 0.0371. The average molecular weight is 261 g/mol. The van der Waals surface area contributed by atoms with Crippen LogP contribution in [0.2, 0.25) is 0 Å². The van der Waals surface area contributed by atoms with Crippen molar-refractivity contribution in [3.05, 3.63) is 16.1 Å². The fraction of sp³-hybridized carbons (Fsp3) is 0.600. The molecule has 16 heavy (non-hydrogen) atoms. The Hall–Kier alpha value is -0.650. The lowest BCUT2D eigenvalue weighted by Gasteiger charge is -2.33. The molecule has 0 N–H and O–H groups in total. The highest BCUT2D eigenvalue weighted by Gasteiger charge is 2.28. The van der Waals surface area contributed by atoms with E-state index in [0.29, 0.717) is 31.3 Å². The molecule has 1 fully saturated rings. The van der Waals surface area contributed by atoms with Crippen molar-refractivity contribution in [1.82, 2.24) is 9.88 Å². The third-order valence-corrected chi connectivity index (χ3v) is 3.63. The number of alkyl halides is 1. The number of thiazole rings is 1. The molecular weight excluding hydrogens is 248 g/mol. The fourth-order valence-corrected chi connectivity index (χ4v) is 2.50. The molecule has 1 aromatic rings. The first-order valence-electron chi connectivity index (χ1n) is 5.09. The summed E-state index contributed by atoms with van der Waals surface area (Å²) >= 11 is 7.30. The number of amides is 1.